The first-order chi connectivity index (χ1) is 18.9. The summed E-state index contributed by atoms with van der Waals surface area (Å²) >= 11 is 5.36. The second-order valence-electron chi connectivity index (χ2n) is 10.6. The molecule has 3 saturated heterocycles. The molecule has 39 heavy (non-hydrogen) atoms. The number of halogens is 1. The Bertz CT molecular complexity index is 1440. The van der Waals surface area contributed by atoms with Crippen LogP contribution in [0.1, 0.15) is 12.0 Å². The van der Waals surface area contributed by atoms with E-state index in [1.165, 1.54) is 0 Å². The summed E-state index contributed by atoms with van der Waals surface area (Å²) in [7, 11) is 1.59. The van der Waals surface area contributed by atoms with Crippen molar-refractivity contribution in [2.24, 2.45) is 11.8 Å². The predicted octanol–water partition coefficient (Wildman–Crippen LogP) is 3.59. The SMILES string of the molecule is CNC(=O)[C@H]1[C@@H]2SC3(CC2Br)C(C(=O)Nc2ccc4ccccc4c2)N([C@@H](CO)Cc2ccccc2)C(=O)[C@H]13. The van der Waals surface area contributed by atoms with Crippen LogP contribution in [0.4, 0.5) is 5.69 Å². The average Bonchev–Trinajstić information content (AvgIpc) is 3.55. The number of fused-ring (bicyclic) bond motifs is 2. The Balaban J connectivity index is 1.41. The van der Waals surface area contributed by atoms with Crippen LogP contribution < -0.4 is 10.6 Å². The molecule has 0 aliphatic carbocycles. The molecule has 3 heterocycles. The number of aliphatic hydroxyl groups is 1. The number of likely N-dealkylation sites (tertiary alicyclic amines) is 1. The first-order valence-electron chi connectivity index (χ1n) is 13.2. The first-order valence-corrected chi connectivity index (χ1v) is 15.0. The van der Waals surface area contributed by atoms with Gasteiger partial charge in [-0.1, -0.05) is 76.6 Å². The zero-order valence-electron chi connectivity index (χ0n) is 21.4. The number of carbonyl (C=O) groups excluding carboxylic acids is 3. The second-order valence-corrected chi connectivity index (χ2v) is 13.3. The molecule has 9 heteroatoms. The van der Waals surface area contributed by atoms with Gasteiger partial charge >= 0.3 is 0 Å². The molecule has 3 unspecified atom stereocenters. The minimum atomic E-state index is -0.841. The minimum Gasteiger partial charge on any atom is -0.394 e. The van der Waals surface area contributed by atoms with E-state index in [1.54, 1.807) is 23.7 Å². The molecular weight excluding hydrogens is 578 g/mol. The number of hydrogen-bond donors (Lipinski definition) is 3. The third-order valence-electron chi connectivity index (χ3n) is 8.46. The quantitative estimate of drug-likeness (QED) is 0.357. The van der Waals surface area contributed by atoms with Crippen LogP contribution in [-0.2, 0) is 20.8 Å². The van der Waals surface area contributed by atoms with Crippen molar-refractivity contribution in [1.29, 1.82) is 0 Å². The fourth-order valence-electron chi connectivity index (χ4n) is 6.84. The fourth-order valence-corrected chi connectivity index (χ4v) is 10.4. The van der Waals surface area contributed by atoms with Crippen molar-refractivity contribution in [1.82, 2.24) is 10.2 Å². The number of rotatable bonds is 7. The Labute approximate surface area is 239 Å². The number of amides is 3. The summed E-state index contributed by atoms with van der Waals surface area (Å²) in [6, 6.07) is 21.9. The maximum atomic E-state index is 14.3. The Morgan fingerprint density at radius 3 is 2.51 bits per heavy atom. The van der Waals surface area contributed by atoms with Gasteiger partial charge in [0.1, 0.15) is 6.04 Å². The van der Waals surface area contributed by atoms with Gasteiger partial charge in [0.15, 0.2) is 0 Å². The number of nitrogens with zero attached hydrogens (tertiary/aromatic N) is 1. The summed E-state index contributed by atoms with van der Waals surface area (Å²) in [5, 5.41) is 18.3. The number of hydrogen-bond acceptors (Lipinski definition) is 5. The average molecular weight is 609 g/mol. The Hall–Kier alpha value is -2.88. The van der Waals surface area contributed by atoms with Crippen molar-refractivity contribution in [2.45, 2.75) is 39.7 Å². The van der Waals surface area contributed by atoms with Crippen LogP contribution in [0.5, 0.6) is 0 Å². The monoisotopic (exact) mass is 607 g/mol. The van der Waals surface area contributed by atoms with Crippen molar-refractivity contribution in [3.63, 3.8) is 0 Å². The fraction of sp³-hybridized carbons (Fsp3) is 0.367. The minimum absolute atomic E-state index is 0.00790. The molecular formula is C30H30BrN3O4S. The van der Waals surface area contributed by atoms with Crippen LogP contribution in [0, 0.1) is 11.8 Å². The van der Waals surface area contributed by atoms with E-state index in [9.17, 15) is 19.5 Å². The molecule has 3 N–H and O–H groups in total. The third kappa shape index (κ3) is 4.26. The van der Waals surface area contributed by atoms with Crippen molar-refractivity contribution in [2.75, 3.05) is 19.0 Å². The third-order valence-corrected chi connectivity index (χ3v) is 11.7. The van der Waals surface area contributed by atoms with Crippen molar-refractivity contribution >= 4 is 61.9 Å². The van der Waals surface area contributed by atoms with E-state index in [2.05, 4.69) is 26.6 Å². The highest BCUT2D eigenvalue weighted by Gasteiger charge is 2.76. The molecule has 1 spiro atoms. The van der Waals surface area contributed by atoms with E-state index in [0.717, 1.165) is 16.3 Å². The molecule has 0 radical (unpaired) electrons. The number of carbonyl (C=O) groups is 3. The lowest BCUT2D eigenvalue weighted by Crippen LogP contribution is -2.55. The Morgan fingerprint density at radius 2 is 1.79 bits per heavy atom. The lowest BCUT2D eigenvalue weighted by atomic mass is 9.70. The normalized spacial score (nSPS) is 29.9. The summed E-state index contributed by atoms with van der Waals surface area (Å²) in [4.78, 5) is 43.2. The van der Waals surface area contributed by atoms with Gasteiger partial charge in [0, 0.05) is 22.8 Å². The molecule has 3 aliphatic rings. The van der Waals surface area contributed by atoms with Gasteiger partial charge in [0.2, 0.25) is 17.7 Å². The van der Waals surface area contributed by atoms with E-state index in [4.69, 9.17) is 0 Å². The molecule has 0 saturated carbocycles. The van der Waals surface area contributed by atoms with E-state index in [-0.39, 0.29) is 34.4 Å². The molecule has 0 aromatic heterocycles. The number of aliphatic hydroxyl groups excluding tert-OH is 1. The molecule has 3 fully saturated rings. The van der Waals surface area contributed by atoms with E-state index >= 15 is 0 Å². The molecule has 2 bridgehead atoms. The number of benzene rings is 3. The van der Waals surface area contributed by atoms with Gasteiger partial charge in [0.25, 0.3) is 0 Å². The van der Waals surface area contributed by atoms with Gasteiger partial charge < -0.3 is 20.6 Å². The highest BCUT2D eigenvalue weighted by atomic mass is 79.9. The summed E-state index contributed by atoms with van der Waals surface area (Å²) in [6.45, 7) is -0.292. The highest BCUT2D eigenvalue weighted by molar-refractivity contribution is 9.09. The number of anilines is 1. The maximum absolute atomic E-state index is 14.3. The second kappa shape index (κ2) is 10.3. The van der Waals surface area contributed by atoms with Gasteiger partial charge in [-0.3, -0.25) is 14.4 Å². The smallest absolute Gasteiger partial charge is 0.248 e. The zero-order chi connectivity index (χ0) is 27.3. The lowest BCUT2D eigenvalue weighted by molar-refractivity contribution is -0.141. The largest absolute Gasteiger partial charge is 0.394 e. The summed E-state index contributed by atoms with van der Waals surface area (Å²) in [5.74, 6) is -1.90. The first kappa shape index (κ1) is 26.3. The molecule has 3 aliphatic heterocycles. The molecule has 7 atom stereocenters. The molecule has 3 aromatic carbocycles. The number of thioether (sulfide) groups is 1. The van der Waals surface area contributed by atoms with Gasteiger partial charge in [0.05, 0.1) is 29.2 Å². The van der Waals surface area contributed by atoms with Crippen LogP contribution in [0.3, 0.4) is 0 Å². The van der Waals surface area contributed by atoms with Gasteiger partial charge in [-0.15, -0.1) is 11.8 Å². The lowest BCUT2D eigenvalue weighted by Gasteiger charge is -2.37. The molecule has 3 aromatic rings. The number of nitrogens with one attached hydrogen (secondary N) is 2. The van der Waals surface area contributed by atoms with Crippen LogP contribution in [0.2, 0.25) is 0 Å². The maximum Gasteiger partial charge on any atom is 0.248 e. The summed E-state index contributed by atoms with van der Waals surface area (Å²) < 4.78 is -0.780. The van der Waals surface area contributed by atoms with Crippen LogP contribution in [0.15, 0.2) is 72.8 Å². The summed E-state index contributed by atoms with van der Waals surface area (Å²) in [5.41, 5.74) is 1.61. The number of alkyl halides is 1. The Morgan fingerprint density at radius 1 is 1.08 bits per heavy atom. The topological polar surface area (TPSA) is 98.7 Å². The van der Waals surface area contributed by atoms with E-state index in [1.807, 2.05) is 72.8 Å². The highest BCUT2D eigenvalue weighted by Crippen LogP contribution is 2.68. The van der Waals surface area contributed by atoms with Crippen LogP contribution in [-0.4, -0.2) is 68.3 Å². The van der Waals surface area contributed by atoms with Gasteiger partial charge in [-0.2, -0.15) is 0 Å². The standard InChI is InChI=1S/C30H30BrN3O4S/c1-32-27(36)23-24-29(38)34(21(16-35)13-17-7-3-2-4-8-17)26(30(24)15-22(31)25(23)39-30)28(37)33-20-12-11-18-9-5-6-10-19(18)14-20/h2-12,14,21-26,35H,13,15-16H2,1H3,(H,32,36)(H,33,37)/t21-,22?,23-,24+,25-,26?,30?/m1/s1. The molecule has 7 nitrogen and oxygen atoms in total. The molecule has 6 rings (SSSR count). The van der Waals surface area contributed by atoms with Crippen molar-refractivity contribution < 1.29 is 19.5 Å². The van der Waals surface area contributed by atoms with Crippen molar-refractivity contribution in [3.8, 4) is 0 Å². The zero-order valence-corrected chi connectivity index (χ0v) is 23.8. The summed E-state index contributed by atoms with van der Waals surface area (Å²) in [6.07, 6.45) is 0.990. The van der Waals surface area contributed by atoms with E-state index in [0.29, 0.717) is 18.5 Å². The molecule has 202 valence electrons. The van der Waals surface area contributed by atoms with Gasteiger partial charge in [-0.05, 0) is 41.3 Å². The predicted molar refractivity (Wildman–Crippen MR) is 157 cm³/mol. The van der Waals surface area contributed by atoms with Crippen LogP contribution in [0.25, 0.3) is 10.8 Å². The van der Waals surface area contributed by atoms with Crippen LogP contribution >= 0.6 is 27.7 Å². The van der Waals surface area contributed by atoms with Gasteiger partial charge in [-0.25, -0.2) is 0 Å². The molecule has 3 amide bonds. The van der Waals surface area contributed by atoms with Crippen molar-refractivity contribution in [3.05, 3.63) is 78.4 Å². The Kier molecular flexibility index (Phi) is 6.93. The van der Waals surface area contributed by atoms with E-state index < -0.39 is 28.7 Å².